The van der Waals surface area contributed by atoms with Crippen LogP contribution in [0.25, 0.3) is 0 Å². The van der Waals surface area contributed by atoms with Gasteiger partial charge in [-0.25, -0.2) is 4.98 Å². The summed E-state index contributed by atoms with van der Waals surface area (Å²) in [5, 5.41) is 3.25. The summed E-state index contributed by atoms with van der Waals surface area (Å²) < 4.78 is 41.7. The Morgan fingerprint density at radius 2 is 1.97 bits per heavy atom. The lowest BCUT2D eigenvalue weighted by molar-refractivity contribution is -0.274. The van der Waals surface area contributed by atoms with Crippen molar-refractivity contribution in [2.75, 3.05) is 43.9 Å². The summed E-state index contributed by atoms with van der Waals surface area (Å²) in [4.78, 5) is 13.3. The maximum Gasteiger partial charge on any atom is 0.573 e. The van der Waals surface area contributed by atoms with Crippen molar-refractivity contribution >= 4 is 11.8 Å². The number of hydrogen-bond donors (Lipinski definition) is 1. The number of halogens is 3. The summed E-state index contributed by atoms with van der Waals surface area (Å²) in [6.45, 7) is 4.82. The second kappa shape index (κ2) is 8.86. The first-order valence-electron chi connectivity index (χ1n) is 9.62. The summed E-state index contributed by atoms with van der Waals surface area (Å²) in [7, 11) is 4.00. The van der Waals surface area contributed by atoms with E-state index in [2.05, 4.69) is 29.8 Å². The van der Waals surface area contributed by atoms with Crippen LogP contribution in [0.4, 0.5) is 24.9 Å². The van der Waals surface area contributed by atoms with Crippen molar-refractivity contribution in [3.05, 3.63) is 41.1 Å². The van der Waals surface area contributed by atoms with Gasteiger partial charge >= 0.3 is 6.36 Å². The van der Waals surface area contributed by atoms with Crippen LogP contribution in [0, 0.1) is 0 Å². The summed E-state index contributed by atoms with van der Waals surface area (Å²) >= 11 is 0. The van der Waals surface area contributed by atoms with E-state index in [0.717, 1.165) is 55.1 Å². The van der Waals surface area contributed by atoms with Gasteiger partial charge in [-0.2, -0.15) is 4.98 Å². The van der Waals surface area contributed by atoms with Gasteiger partial charge in [0.25, 0.3) is 0 Å². The predicted molar refractivity (Wildman–Crippen MR) is 106 cm³/mol. The first-order valence-corrected chi connectivity index (χ1v) is 9.62. The second-order valence-corrected chi connectivity index (χ2v) is 7.27. The minimum Gasteiger partial charge on any atom is -0.406 e. The Kier molecular flexibility index (Phi) is 6.46. The topological polar surface area (TPSA) is 53.5 Å². The molecule has 2 heterocycles. The zero-order valence-corrected chi connectivity index (χ0v) is 16.9. The van der Waals surface area contributed by atoms with E-state index in [4.69, 9.17) is 0 Å². The van der Waals surface area contributed by atoms with Gasteiger partial charge < -0.3 is 19.9 Å². The van der Waals surface area contributed by atoms with Crippen molar-refractivity contribution in [2.45, 2.75) is 32.7 Å². The molecule has 1 aromatic carbocycles. The van der Waals surface area contributed by atoms with Crippen LogP contribution in [0.5, 0.6) is 5.75 Å². The maximum atomic E-state index is 12.5. The molecule has 1 aliphatic rings. The molecule has 0 aliphatic carbocycles. The molecule has 0 bridgehead atoms. The highest BCUT2D eigenvalue weighted by atomic mass is 19.4. The average Bonchev–Trinajstić information content (AvgIpc) is 2.65. The molecule has 0 saturated heterocycles. The van der Waals surface area contributed by atoms with E-state index >= 15 is 0 Å². The molecule has 0 spiro atoms. The number of nitrogens with one attached hydrogen (secondary N) is 1. The highest BCUT2D eigenvalue weighted by molar-refractivity contribution is 5.49. The number of alkyl halides is 3. The lowest BCUT2D eigenvalue weighted by Crippen LogP contribution is -2.31. The molecule has 0 amide bonds. The van der Waals surface area contributed by atoms with Gasteiger partial charge in [0.2, 0.25) is 5.95 Å². The van der Waals surface area contributed by atoms with Crippen LogP contribution in [0.3, 0.4) is 0 Å². The number of nitrogens with zero attached hydrogens (tertiary/aromatic N) is 4. The van der Waals surface area contributed by atoms with Gasteiger partial charge in [0.15, 0.2) is 0 Å². The molecule has 6 nitrogen and oxygen atoms in total. The van der Waals surface area contributed by atoms with Crippen LogP contribution in [-0.2, 0) is 19.4 Å². The largest absolute Gasteiger partial charge is 0.573 e. The fourth-order valence-electron chi connectivity index (χ4n) is 3.22. The van der Waals surface area contributed by atoms with Crippen LogP contribution >= 0.6 is 0 Å². The summed E-state index contributed by atoms with van der Waals surface area (Å²) in [5.41, 5.74) is 2.77. The normalized spacial score (nSPS) is 14.1. The Balaban J connectivity index is 1.78. The molecular formula is C20H26F3N5O. The molecule has 158 valence electrons. The molecule has 0 radical (unpaired) electrons. The highest BCUT2D eigenvalue weighted by Crippen LogP contribution is 2.30. The van der Waals surface area contributed by atoms with Crippen molar-refractivity contribution in [1.82, 2.24) is 14.9 Å². The third kappa shape index (κ3) is 5.96. The number of benzene rings is 1. The smallest absolute Gasteiger partial charge is 0.406 e. The van der Waals surface area contributed by atoms with E-state index in [9.17, 15) is 13.2 Å². The molecule has 0 fully saturated rings. The first-order chi connectivity index (χ1) is 13.7. The SMILES string of the molecule is CCc1cc(N2CCc3ccc(OC(F)(F)F)cc3C2)nc(NCCN(C)C)n1. The molecule has 1 N–H and O–H groups in total. The standard InChI is InChI=1S/C20H26F3N5O/c1-4-16-12-18(26-19(25-16)24-8-10-27(2)3)28-9-7-14-5-6-17(11-15(14)13-28)29-20(21,22)23/h5-6,11-12H,4,7-10,13H2,1-3H3,(H,24,25,26). The number of anilines is 2. The van der Waals surface area contributed by atoms with Gasteiger partial charge in [-0.1, -0.05) is 13.0 Å². The third-order valence-electron chi connectivity index (χ3n) is 4.72. The molecule has 0 saturated carbocycles. The quantitative estimate of drug-likeness (QED) is 0.756. The van der Waals surface area contributed by atoms with Gasteiger partial charge in [0, 0.05) is 37.9 Å². The monoisotopic (exact) mass is 409 g/mol. The summed E-state index contributed by atoms with van der Waals surface area (Å²) in [5.74, 6) is 1.15. The average molecular weight is 409 g/mol. The lowest BCUT2D eigenvalue weighted by Gasteiger charge is -2.30. The zero-order chi connectivity index (χ0) is 21.0. The molecular weight excluding hydrogens is 383 g/mol. The van der Waals surface area contributed by atoms with Crippen LogP contribution in [0.1, 0.15) is 23.7 Å². The Bertz CT molecular complexity index is 841. The van der Waals surface area contributed by atoms with Crippen molar-refractivity contribution in [2.24, 2.45) is 0 Å². The maximum absolute atomic E-state index is 12.5. The molecule has 3 rings (SSSR count). The van der Waals surface area contributed by atoms with Crippen LogP contribution in [0.15, 0.2) is 24.3 Å². The molecule has 1 aliphatic heterocycles. The fourth-order valence-corrected chi connectivity index (χ4v) is 3.22. The number of fused-ring (bicyclic) bond motifs is 1. The number of likely N-dealkylation sites (N-methyl/N-ethyl adjacent to an activating group) is 1. The van der Waals surface area contributed by atoms with E-state index in [1.165, 1.54) is 12.1 Å². The van der Waals surface area contributed by atoms with Crippen molar-refractivity contribution in [3.8, 4) is 5.75 Å². The molecule has 2 aromatic rings. The van der Waals surface area contributed by atoms with Crippen molar-refractivity contribution in [3.63, 3.8) is 0 Å². The highest BCUT2D eigenvalue weighted by Gasteiger charge is 2.31. The number of aromatic nitrogens is 2. The molecule has 29 heavy (non-hydrogen) atoms. The third-order valence-corrected chi connectivity index (χ3v) is 4.72. The fraction of sp³-hybridized carbons (Fsp3) is 0.500. The molecule has 0 unspecified atom stereocenters. The summed E-state index contributed by atoms with van der Waals surface area (Å²) in [6, 6.07) is 6.49. The van der Waals surface area contributed by atoms with Crippen LogP contribution < -0.4 is 15.0 Å². The number of rotatable bonds is 7. The Labute approximate surface area is 168 Å². The number of ether oxygens (including phenoxy) is 1. The Morgan fingerprint density at radius 1 is 1.17 bits per heavy atom. The first kappa shape index (κ1) is 21.2. The van der Waals surface area contributed by atoms with E-state index in [0.29, 0.717) is 12.5 Å². The van der Waals surface area contributed by atoms with Gasteiger partial charge in [0.1, 0.15) is 11.6 Å². The zero-order valence-electron chi connectivity index (χ0n) is 16.9. The summed E-state index contributed by atoms with van der Waals surface area (Å²) in [6.07, 6.45) is -3.19. The van der Waals surface area contributed by atoms with Gasteiger partial charge in [-0.15, -0.1) is 13.2 Å². The lowest BCUT2D eigenvalue weighted by atomic mass is 9.99. The molecule has 9 heteroatoms. The minimum absolute atomic E-state index is 0.193. The molecule has 1 aromatic heterocycles. The second-order valence-electron chi connectivity index (χ2n) is 7.27. The van der Waals surface area contributed by atoms with E-state index < -0.39 is 6.36 Å². The van der Waals surface area contributed by atoms with Crippen LogP contribution in [-0.4, -0.2) is 55.0 Å². The van der Waals surface area contributed by atoms with Gasteiger partial charge in [-0.05, 0) is 50.2 Å². The van der Waals surface area contributed by atoms with E-state index in [-0.39, 0.29) is 5.75 Å². The van der Waals surface area contributed by atoms with Gasteiger partial charge in [-0.3, -0.25) is 0 Å². The predicted octanol–water partition coefficient (Wildman–Crippen LogP) is 3.47. The van der Waals surface area contributed by atoms with Crippen molar-refractivity contribution < 1.29 is 17.9 Å². The van der Waals surface area contributed by atoms with Crippen molar-refractivity contribution in [1.29, 1.82) is 0 Å². The van der Waals surface area contributed by atoms with Crippen LogP contribution in [0.2, 0.25) is 0 Å². The minimum atomic E-state index is -4.70. The van der Waals surface area contributed by atoms with Gasteiger partial charge in [0.05, 0.1) is 0 Å². The van der Waals surface area contributed by atoms with E-state index in [1.807, 2.05) is 27.1 Å². The van der Waals surface area contributed by atoms with E-state index in [1.54, 1.807) is 6.07 Å². The number of aryl methyl sites for hydroxylation is 1. The Morgan fingerprint density at radius 3 is 2.66 bits per heavy atom. The number of hydrogen-bond acceptors (Lipinski definition) is 6. The molecule has 0 atom stereocenters. The Hall–Kier alpha value is -2.55.